The maximum atomic E-state index is 6.18. The molecule has 0 amide bonds. The van der Waals surface area contributed by atoms with Crippen molar-refractivity contribution >= 4 is 0 Å². The number of hydrogen-bond acceptors (Lipinski definition) is 4. The molecule has 1 aliphatic rings. The molecule has 1 heterocycles. The average molecular weight is 269 g/mol. The minimum atomic E-state index is 0.135. The zero-order valence-corrected chi connectivity index (χ0v) is 11.5. The topological polar surface area (TPSA) is 60.2 Å². The van der Waals surface area contributed by atoms with Crippen LogP contribution in [0.25, 0.3) is 0 Å². The molecule has 0 spiro atoms. The lowest BCUT2D eigenvalue weighted by Gasteiger charge is -2.14. The van der Waals surface area contributed by atoms with E-state index in [2.05, 4.69) is 34.6 Å². The molecule has 0 fully saturated rings. The van der Waals surface area contributed by atoms with Crippen molar-refractivity contribution in [3.63, 3.8) is 0 Å². The Hall–Kier alpha value is -1.91. The molecule has 3 rings (SSSR count). The van der Waals surface area contributed by atoms with E-state index in [0.717, 1.165) is 18.5 Å². The van der Waals surface area contributed by atoms with Crippen LogP contribution >= 0.6 is 0 Å². The third kappa shape index (κ3) is 2.53. The molecule has 3 N–H and O–H groups in total. The number of hydrogen-bond donors (Lipinski definition) is 2. The Labute approximate surface area is 119 Å². The molecule has 4 heteroatoms. The molecule has 0 saturated heterocycles. The Balaban J connectivity index is 1.70. The molecular formula is C16H19N3O. The number of nitrogens with zero attached hydrogens (tertiary/aromatic N) is 1. The first-order valence-electron chi connectivity index (χ1n) is 6.84. The van der Waals surface area contributed by atoms with Crippen molar-refractivity contribution in [2.45, 2.75) is 25.0 Å². The van der Waals surface area contributed by atoms with Crippen LogP contribution < -0.4 is 15.8 Å². The van der Waals surface area contributed by atoms with Gasteiger partial charge in [-0.1, -0.05) is 24.3 Å². The van der Waals surface area contributed by atoms with E-state index in [1.54, 1.807) is 13.3 Å². The summed E-state index contributed by atoms with van der Waals surface area (Å²) in [6.45, 7) is 0.782. The SMILES string of the molecule is COc1cc(CNC2CC(N)c3ccccc32)ccn1. The van der Waals surface area contributed by atoms with E-state index in [-0.39, 0.29) is 6.04 Å². The van der Waals surface area contributed by atoms with Gasteiger partial charge in [0.15, 0.2) is 0 Å². The lowest BCUT2D eigenvalue weighted by molar-refractivity contribution is 0.396. The molecular weight excluding hydrogens is 250 g/mol. The summed E-state index contributed by atoms with van der Waals surface area (Å²) < 4.78 is 5.14. The molecule has 2 unspecified atom stereocenters. The molecule has 0 aliphatic heterocycles. The molecule has 1 aliphatic carbocycles. The molecule has 2 aromatic rings. The van der Waals surface area contributed by atoms with Crippen molar-refractivity contribution in [2.75, 3.05) is 7.11 Å². The Morgan fingerprint density at radius 3 is 2.90 bits per heavy atom. The zero-order valence-electron chi connectivity index (χ0n) is 11.5. The number of fused-ring (bicyclic) bond motifs is 1. The van der Waals surface area contributed by atoms with Gasteiger partial charge in [0.05, 0.1) is 7.11 Å². The second kappa shape index (κ2) is 5.61. The van der Waals surface area contributed by atoms with Gasteiger partial charge in [-0.3, -0.25) is 0 Å². The van der Waals surface area contributed by atoms with E-state index in [4.69, 9.17) is 10.5 Å². The number of nitrogens with one attached hydrogen (secondary N) is 1. The van der Waals surface area contributed by atoms with Gasteiger partial charge >= 0.3 is 0 Å². The second-order valence-corrected chi connectivity index (χ2v) is 5.11. The van der Waals surface area contributed by atoms with E-state index < -0.39 is 0 Å². The van der Waals surface area contributed by atoms with Gasteiger partial charge in [0.1, 0.15) is 0 Å². The van der Waals surface area contributed by atoms with Crippen LogP contribution in [0.4, 0.5) is 0 Å². The average Bonchev–Trinajstić information content (AvgIpc) is 2.82. The first-order chi connectivity index (χ1) is 9.78. The third-order valence-electron chi connectivity index (χ3n) is 3.82. The molecule has 2 atom stereocenters. The first-order valence-corrected chi connectivity index (χ1v) is 6.84. The van der Waals surface area contributed by atoms with E-state index in [0.29, 0.717) is 11.9 Å². The van der Waals surface area contributed by atoms with E-state index >= 15 is 0 Å². The largest absolute Gasteiger partial charge is 0.481 e. The fourth-order valence-electron chi connectivity index (χ4n) is 2.78. The third-order valence-corrected chi connectivity index (χ3v) is 3.82. The number of benzene rings is 1. The van der Waals surface area contributed by atoms with Gasteiger partial charge in [0.2, 0.25) is 5.88 Å². The van der Waals surface area contributed by atoms with Gasteiger partial charge in [0, 0.05) is 30.9 Å². The number of aromatic nitrogens is 1. The summed E-state index contributed by atoms with van der Waals surface area (Å²) in [5.74, 6) is 0.646. The predicted octanol–water partition coefficient (Wildman–Crippen LogP) is 2.32. The predicted molar refractivity (Wildman–Crippen MR) is 78.4 cm³/mol. The molecule has 0 saturated carbocycles. The Kier molecular flexibility index (Phi) is 3.67. The summed E-state index contributed by atoms with van der Waals surface area (Å²) in [6, 6.07) is 12.8. The number of methoxy groups -OCH3 is 1. The maximum absolute atomic E-state index is 6.18. The highest BCUT2D eigenvalue weighted by atomic mass is 16.5. The molecule has 0 bridgehead atoms. The summed E-state index contributed by atoms with van der Waals surface area (Å²) in [4.78, 5) is 4.12. The standard InChI is InChI=1S/C16H19N3O/c1-20-16-8-11(6-7-18-16)10-19-15-9-14(17)12-4-2-3-5-13(12)15/h2-8,14-15,19H,9-10,17H2,1H3. The van der Waals surface area contributed by atoms with Crippen molar-refractivity contribution in [3.8, 4) is 5.88 Å². The highest BCUT2D eigenvalue weighted by Gasteiger charge is 2.27. The summed E-state index contributed by atoms with van der Waals surface area (Å²) in [5, 5.41) is 3.57. The van der Waals surface area contributed by atoms with Crippen molar-refractivity contribution < 1.29 is 4.74 Å². The van der Waals surface area contributed by atoms with Gasteiger partial charge in [-0.2, -0.15) is 0 Å². The second-order valence-electron chi connectivity index (χ2n) is 5.11. The van der Waals surface area contributed by atoms with E-state index in [1.165, 1.54) is 11.1 Å². The summed E-state index contributed by atoms with van der Waals surface area (Å²) in [5.41, 5.74) is 9.92. The van der Waals surface area contributed by atoms with Gasteiger partial charge in [-0.15, -0.1) is 0 Å². The highest BCUT2D eigenvalue weighted by Crippen LogP contribution is 2.37. The van der Waals surface area contributed by atoms with E-state index in [1.807, 2.05) is 12.1 Å². The van der Waals surface area contributed by atoms with Crippen molar-refractivity contribution in [1.29, 1.82) is 0 Å². The smallest absolute Gasteiger partial charge is 0.213 e. The monoisotopic (exact) mass is 269 g/mol. The summed E-state index contributed by atoms with van der Waals surface area (Å²) >= 11 is 0. The van der Waals surface area contributed by atoms with Crippen LogP contribution in [0.15, 0.2) is 42.6 Å². The van der Waals surface area contributed by atoms with Gasteiger partial charge in [-0.05, 0) is 29.2 Å². The molecule has 104 valence electrons. The first kappa shape index (κ1) is 13.1. The van der Waals surface area contributed by atoms with Crippen molar-refractivity contribution in [3.05, 3.63) is 59.3 Å². The Morgan fingerprint density at radius 2 is 2.10 bits per heavy atom. The highest BCUT2D eigenvalue weighted by molar-refractivity contribution is 5.37. The molecule has 0 radical (unpaired) electrons. The number of ether oxygens (including phenoxy) is 1. The fourth-order valence-corrected chi connectivity index (χ4v) is 2.78. The zero-order chi connectivity index (χ0) is 13.9. The van der Waals surface area contributed by atoms with Gasteiger partial charge in [-0.25, -0.2) is 4.98 Å². The van der Waals surface area contributed by atoms with Gasteiger partial charge in [0.25, 0.3) is 0 Å². The molecule has 1 aromatic heterocycles. The van der Waals surface area contributed by atoms with Crippen LogP contribution in [0.2, 0.25) is 0 Å². The van der Waals surface area contributed by atoms with Crippen LogP contribution in [-0.4, -0.2) is 12.1 Å². The summed E-state index contributed by atoms with van der Waals surface area (Å²) in [7, 11) is 1.63. The quantitative estimate of drug-likeness (QED) is 0.894. The lowest BCUT2D eigenvalue weighted by atomic mass is 10.1. The molecule has 4 nitrogen and oxygen atoms in total. The van der Waals surface area contributed by atoms with Crippen molar-refractivity contribution in [2.24, 2.45) is 5.73 Å². The van der Waals surface area contributed by atoms with Crippen LogP contribution in [0.1, 0.15) is 35.2 Å². The molecule has 20 heavy (non-hydrogen) atoms. The normalized spacial score (nSPS) is 20.7. The Morgan fingerprint density at radius 1 is 1.30 bits per heavy atom. The number of rotatable bonds is 4. The van der Waals surface area contributed by atoms with Crippen molar-refractivity contribution in [1.82, 2.24) is 10.3 Å². The lowest BCUT2D eigenvalue weighted by Crippen LogP contribution is -2.19. The van der Waals surface area contributed by atoms with Crippen LogP contribution in [0.3, 0.4) is 0 Å². The van der Waals surface area contributed by atoms with Crippen LogP contribution in [0, 0.1) is 0 Å². The Bertz CT molecular complexity index is 600. The molecule has 1 aromatic carbocycles. The minimum absolute atomic E-state index is 0.135. The fraction of sp³-hybridized carbons (Fsp3) is 0.312. The number of pyridine rings is 1. The maximum Gasteiger partial charge on any atom is 0.213 e. The van der Waals surface area contributed by atoms with E-state index in [9.17, 15) is 0 Å². The van der Waals surface area contributed by atoms with Gasteiger partial charge < -0.3 is 15.8 Å². The number of nitrogens with two attached hydrogens (primary N) is 1. The van der Waals surface area contributed by atoms with Crippen LogP contribution in [0.5, 0.6) is 5.88 Å². The van der Waals surface area contributed by atoms with Crippen LogP contribution in [-0.2, 0) is 6.54 Å². The summed E-state index contributed by atoms with van der Waals surface area (Å²) in [6.07, 6.45) is 2.71. The minimum Gasteiger partial charge on any atom is -0.481 e.